The predicted octanol–water partition coefficient (Wildman–Crippen LogP) is 4.82. The van der Waals surface area contributed by atoms with Gasteiger partial charge in [0.25, 0.3) is 0 Å². The van der Waals surface area contributed by atoms with Crippen LogP contribution in [0.1, 0.15) is 10.4 Å². The third kappa shape index (κ3) is 4.64. The molecule has 0 spiro atoms. The highest BCUT2D eigenvalue weighted by Crippen LogP contribution is 2.32. The summed E-state index contributed by atoms with van der Waals surface area (Å²) in [6, 6.07) is 3.30. The van der Waals surface area contributed by atoms with Crippen LogP contribution in [0.25, 0.3) is 11.4 Å². The van der Waals surface area contributed by atoms with E-state index >= 15 is 0 Å². The molecule has 0 amide bonds. The van der Waals surface area contributed by atoms with Crippen LogP contribution in [0.3, 0.4) is 0 Å². The van der Waals surface area contributed by atoms with Crippen molar-refractivity contribution >= 4 is 5.97 Å². The molecule has 3 rings (SSSR count). The summed E-state index contributed by atoms with van der Waals surface area (Å²) >= 11 is 0. The van der Waals surface area contributed by atoms with Crippen molar-refractivity contribution in [1.29, 1.82) is 0 Å². The predicted molar refractivity (Wildman–Crippen MR) is 85.4 cm³/mol. The van der Waals surface area contributed by atoms with E-state index in [0.29, 0.717) is 0 Å². The third-order valence-electron chi connectivity index (χ3n) is 3.47. The number of rotatable bonds is 4. The normalized spacial score (nSPS) is 11.3. The molecule has 0 atom stereocenters. The SMILES string of the molecule is O=C(Oc1cc(F)c(OC(F)(F)F)c(F)c1)c1c(F)cc(-c2ncccn2)cc1F. The van der Waals surface area contributed by atoms with Crippen molar-refractivity contribution in [2.45, 2.75) is 6.36 Å². The maximum Gasteiger partial charge on any atom is 0.573 e. The Hall–Kier alpha value is -3.70. The van der Waals surface area contributed by atoms with Gasteiger partial charge >= 0.3 is 12.3 Å². The minimum atomic E-state index is -5.38. The number of hydrogen-bond donors (Lipinski definition) is 0. The van der Waals surface area contributed by atoms with E-state index in [4.69, 9.17) is 0 Å². The molecule has 0 radical (unpaired) electrons. The molecule has 2 aromatic carbocycles. The van der Waals surface area contributed by atoms with Gasteiger partial charge in [-0.2, -0.15) is 0 Å². The van der Waals surface area contributed by atoms with Crippen molar-refractivity contribution in [3.05, 3.63) is 71.6 Å². The number of alkyl halides is 3. The molecule has 30 heavy (non-hydrogen) atoms. The Morgan fingerprint density at radius 1 is 0.833 bits per heavy atom. The topological polar surface area (TPSA) is 61.3 Å². The van der Waals surface area contributed by atoms with Crippen LogP contribution in [0.5, 0.6) is 11.5 Å². The lowest BCUT2D eigenvalue weighted by Crippen LogP contribution is -2.19. The number of ether oxygens (including phenoxy) is 2. The first-order valence-corrected chi connectivity index (χ1v) is 7.78. The maximum absolute atomic E-state index is 14.3. The zero-order valence-electron chi connectivity index (χ0n) is 14.3. The van der Waals surface area contributed by atoms with Gasteiger partial charge < -0.3 is 9.47 Å². The van der Waals surface area contributed by atoms with Crippen LogP contribution in [0.15, 0.2) is 42.7 Å². The van der Waals surface area contributed by atoms with Crippen molar-refractivity contribution < 1.29 is 45.0 Å². The molecule has 1 aromatic heterocycles. The summed E-state index contributed by atoms with van der Waals surface area (Å²) in [6.07, 6.45) is -2.75. The van der Waals surface area contributed by atoms with Gasteiger partial charge in [-0.15, -0.1) is 13.2 Å². The van der Waals surface area contributed by atoms with Crippen molar-refractivity contribution in [3.8, 4) is 22.9 Å². The lowest BCUT2D eigenvalue weighted by atomic mass is 10.1. The van der Waals surface area contributed by atoms with Crippen LogP contribution in [0.2, 0.25) is 0 Å². The molecule has 0 N–H and O–H groups in total. The number of nitrogens with zero attached hydrogens (tertiary/aromatic N) is 2. The van der Waals surface area contributed by atoms with Gasteiger partial charge in [0.1, 0.15) is 22.9 Å². The summed E-state index contributed by atoms with van der Waals surface area (Å²) in [6.45, 7) is 0. The second-order valence-corrected chi connectivity index (χ2v) is 5.54. The lowest BCUT2D eigenvalue weighted by Gasteiger charge is -2.12. The highest BCUT2D eigenvalue weighted by atomic mass is 19.4. The summed E-state index contributed by atoms with van der Waals surface area (Å²) in [7, 11) is 0. The molecule has 0 aliphatic rings. The van der Waals surface area contributed by atoms with Gasteiger partial charge in [-0.1, -0.05) is 0 Å². The van der Waals surface area contributed by atoms with Gasteiger partial charge in [0.15, 0.2) is 17.5 Å². The van der Waals surface area contributed by atoms with Crippen LogP contribution in [-0.4, -0.2) is 22.3 Å². The number of halogens is 7. The van der Waals surface area contributed by atoms with Crippen LogP contribution in [0, 0.1) is 23.3 Å². The second-order valence-electron chi connectivity index (χ2n) is 5.54. The van der Waals surface area contributed by atoms with E-state index in [1.54, 1.807) is 0 Å². The molecule has 0 aliphatic carbocycles. The minimum absolute atomic E-state index is 0.0420. The first-order chi connectivity index (χ1) is 14.0. The molecular formula is C18H7F7N2O3. The van der Waals surface area contributed by atoms with Gasteiger partial charge in [0.2, 0.25) is 5.75 Å². The van der Waals surface area contributed by atoms with Crippen molar-refractivity contribution in [2.24, 2.45) is 0 Å². The fourth-order valence-corrected chi connectivity index (χ4v) is 2.31. The van der Waals surface area contributed by atoms with E-state index in [-0.39, 0.29) is 23.5 Å². The number of aromatic nitrogens is 2. The van der Waals surface area contributed by atoms with E-state index < -0.39 is 52.7 Å². The molecule has 0 bridgehead atoms. The zero-order valence-corrected chi connectivity index (χ0v) is 14.3. The summed E-state index contributed by atoms with van der Waals surface area (Å²) in [4.78, 5) is 19.6. The Morgan fingerprint density at radius 2 is 1.37 bits per heavy atom. The van der Waals surface area contributed by atoms with Crippen molar-refractivity contribution in [1.82, 2.24) is 9.97 Å². The molecule has 0 saturated carbocycles. The van der Waals surface area contributed by atoms with Gasteiger partial charge in [-0.3, -0.25) is 0 Å². The highest BCUT2D eigenvalue weighted by molar-refractivity contribution is 5.92. The standard InChI is InChI=1S/C18H7F7N2O3/c19-10-4-8(16-26-2-1-3-27-16)5-11(20)14(10)17(28)29-9-6-12(21)15(13(22)7-9)30-18(23,24)25/h1-7H. The summed E-state index contributed by atoms with van der Waals surface area (Å²) in [5, 5.41) is 0. The quantitative estimate of drug-likeness (QED) is 0.336. The first kappa shape index (κ1) is 21.0. The Labute approximate surface area is 162 Å². The number of carbonyl (C=O) groups excluding carboxylic acids is 1. The van der Waals surface area contributed by atoms with Crippen LogP contribution < -0.4 is 9.47 Å². The Balaban J connectivity index is 1.88. The van der Waals surface area contributed by atoms with E-state index in [9.17, 15) is 35.5 Å². The van der Waals surface area contributed by atoms with Crippen LogP contribution in [0.4, 0.5) is 30.7 Å². The van der Waals surface area contributed by atoms with E-state index in [2.05, 4.69) is 19.4 Å². The molecule has 3 aromatic rings. The molecule has 0 fully saturated rings. The number of carbonyl (C=O) groups is 1. The van der Waals surface area contributed by atoms with Crippen LogP contribution >= 0.6 is 0 Å². The number of hydrogen-bond acceptors (Lipinski definition) is 5. The summed E-state index contributed by atoms with van der Waals surface area (Å²) in [5.74, 6) is -10.9. The summed E-state index contributed by atoms with van der Waals surface area (Å²) in [5.41, 5.74) is -1.31. The van der Waals surface area contributed by atoms with Crippen molar-refractivity contribution in [2.75, 3.05) is 0 Å². The fourth-order valence-electron chi connectivity index (χ4n) is 2.31. The lowest BCUT2D eigenvalue weighted by molar-refractivity contribution is -0.276. The smallest absolute Gasteiger partial charge is 0.423 e. The average Bonchev–Trinajstić information content (AvgIpc) is 2.64. The molecule has 1 heterocycles. The minimum Gasteiger partial charge on any atom is -0.423 e. The highest BCUT2D eigenvalue weighted by Gasteiger charge is 2.34. The zero-order chi connectivity index (χ0) is 22.1. The second kappa shape index (κ2) is 7.97. The molecule has 5 nitrogen and oxygen atoms in total. The van der Waals surface area contributed by atoms with Gasteiger partial charge in [0, 0.05) is 30.1 Å². The largest absolute Gasteiger partial charge is 0.573 e. The summed E-state index contributed by atoms with van der Waals surface area (Å²) < 4.78 is 100.0. The van der Waals surface area contributed by atoms with Gasteiger partial charge in [-0.25, -0.2) is 32.3 Å². The molecule has 156 valence electrons. The Bertz CT molecular complexity index is 1060. The third-order valence-corrected chi connectivity index (χ3v) is 3.47. The average molecular weight is 432 g/mol. The molecule has 0 aliphatic heterocycles. The fraction of sp³-hybridized carbons (Fsp3) is 0.0556. The number of benzene rings is 2. The molecular weight excluding hydrogens is 425 g/mol. The van der Waals surface area contributed by atoms with Gasteiger partial charge in [0.05, 0.1) is 0 Å². The molecule has 12 heteroatoms. The Kier molecular flexibility index (Phi) is 5.58. The van der Waals surface area contributed by atoms with E-state index in [1.807, 2.05) is 0 Å². The first-order valence-electron chi connectivity index (χ1n) is 7.78. The van der Waals surface area contributed by atoms with Crippen LogP contribution in [-0.2, 0) is 0 Å². The van der Waals surface area contributed by atoms with Crippen molar-refractivity contribution in [3.63, 3.8) is 0 Å². The Morgan fingerprint density at radius 3 is 1.87 bits per heavy atom. The number of esters is 1. The van der Waals surface area contributed by atoms with Gasteiger partial charge in [-0.05, 0) is 18.2 Å². The van der Waals surface area contributed by atoms with E-state index in [1.165, 1.54) is 18.5 Å². The molecule has 0 saturated heterocycles. The molecule has 0 unspecified atom stereocenters. The maximum atomic E-state index is 14.3. The van der Waals surface area contributed by atoms with E-state index in [0.717, 1.165) is 12.1 Å². The monoisotopic (exact) mass is 432 g/mol.